The Hall–Kier alpha value is -1.31. The molecule has 1 aromatic rings. The van der Waals surface area contributed by atoms with Gasteiger partial charge < -0.3 is 10.6 Å². The highest BCUT2D eigenvalue weighted by atomic mass is 35.5. The number of carbonyl (C=O) groups excluding carboxylic acids is 1. The van der Waals surface area contributed by atoms with Crippen LogP contribution < -0.4 is 10.6 Å². The minimum absolute atomic E-state index is 0.183. The number of nitrogens with one attached hydrogen (secondary N) is 2. The van der Waals surface area contributed by atoms with E-state index in [2.05, 4.69) is 10.6 Å². The van der Waals surface area contributed by atoms with Crippen LogP contribution in [0.1, 0.15) is 31.4 Å². The molecular formula is C15H22ClN3O3S. The summed E-state index contributed by atoms with van der Waals surface area (Å²) in [5, 5.41) is 6.28. The molecule has 2 rings (SSSR count). The summed E-state index contributed by atoms with van der Waals surface area (Å²) in [7, 11) is -3.22. The van der Waals surface area contributed by atoms with Crippen LogP contribution in [0, 0.1) is 0 Å². The number of urea groups is 1. The van der Waals surface area contributed by atoms with Crippen LogP contribution in [0.3, 0.4) is 0 Å². The molecule has 0 bridgehead atoms. The lowest BCUT2D eigenvalue weighted by molar-refractivity contribution is 0.223. The van der Waals surface area contributed by atoms with Crippen LogP contribution in [0.4, 0.5) is 4.79 Å². The number of piperidine rings is 1. The predicted molar refractivity (Wildman–Crippen MR) is 91.0 cm³/mol. The first kappa shape index (κ1) is 18.0. The average molecular weight is 360 g/mol. The van der Waals surface area contributed by atoms with Gasteiger partial charge in [-0.05, 0) is 31.4 Å². The van der Waals surface area contributed by atoms with Gasteiger partial charge in [0.05, 0.1) is 12.3 Å². The van der Waals surface area contributed by atoms with Crippen LogP contribution in [0.5, 0.6) is 0 Å². The van der Waals surface area contributed by atoms with E-state index in [0.29, 0.717) is 18.1 Å². The van der Waals surface area contributed by atoms with E-state index in [0.717, 1.165) is 18.4 Å². The first-order chi connectivity index (χ1) is 10.8. The Morgan fingerprint density at radius 1 is 1.39 bits per heavy atom. The van der Waals surface area contributed by atoms with Crippen LogP contribution in [0.25, 0.3) is 0 Å². The van der Waals surface area contributed by atoms with Gasteiger partial charge in [-0.15, -0.1) is 0 Å². The smallest absolute Gasteiger partial charge is 0.315 e. The van der Waals surface area contributed by atoms with Crippen LogP contribution >= 0.6 is 11.6 Å². The normalized spacial score (nSPS) is 20.7. The van der Waals surface area contributed by atoms with E-state index in [1.54, 1.807) is 6.07 Å². The van der Waals surface area contributed by atoms with Crippen molar-refractivity contribution in [1.29, 1.82) is 0 Å². The van der Waals surface area contributed by atoms with Crippen molar-refractivity contribution in [2.45, 2.75) is 31.8 Å². The van der Waals surface area contributed by atoms with Crippen molar-refractivity contribution in [2.24, 2.45) is 0 Å². The summed E-state index contributed by atoms with van der Waals surface area (Å²) in [6, 6.07) is 6.59. The predicted octanol–water partition coefficient (Wildman–Crippen LogP) is 2.12. The summed E-state index contributed by atoms with van der Waals surface area (Å²) in [5.74, 6) is 0. The minimum atomic E-state index is -3.22. The molecular weight excluding hydrogens is 338 g/mol. The molecule has 1 aliphatic heterocycles. The summed E-state index contributed by atoms with van der Waals surface area (Å²) >= 11 is 6.12. The van der Waals surface area contributed by atoms with Crippen LogP contribution in [-0.4, -0.2) is 44.1 Å². The highest BCUT2D eigenvalue weighted by Gasteiger charge is 2.27. The second-order valence-electron chi connectivity index (χ2n) is 5.82. The van der Waals surface area contributed by atoms with Crippen LogP contribution in [0.15, 0.2) is 24.3 Å². The highest BCUT2D eigenvalue weighted by molar-refractivity contribution is 7.88. The van der Waals surface area contributed by atoms with Crippen molar-refractivity contribution >= 4 is 27.7 Å². The van der Waals surface area contributed by atoms with Crippen molar-refractivity contribution in [3.8, 4) is 0 Å². The Kier molecular flexibility index (Phi) is 5.89. The largest absolute Gasteiger partial charge is 0.334 e. The SMILES string of the molecule is CC(NC(=O)NC1CCCN(S(C)(=O)=O)C1)c1ccccc1Cl. The molecule has 0 saturated carbocycles. The van der Waals surface area contributed by atoms with E-state index < -0.39 is 10.0 Å². The summed E-state index contributed by atoms with van der Waals surface area (Å²) < 4.78 is 24.6. The molecule has 1 fully saturated rings. The van der Waals surface area contributed by atoms with E-state index in [-0.39, 0.29) is 18.1 Å². The number of hydrogen-bond donors (Lipinski definition) is 2. The first-order valence-electron chi connectivity index (χ1n) is 7.54. The fraction of sp³-hybridized carbons (Fsp3) is 0.533. The second kappa shape index (κ2) is 7.51. The average Bonchev–Trinajstić information content (AvgIpc) is 2.46. The lowest BCUT2D eigenvalue weighted by Gasteiger charge is -2.31. The number of halogens is 1. The number of rotatable bonds is 4. The zero-order valence-corrected chi connectivity index (χ0v) is 14.8. The van der Waals surface area contributed by atoms with E-state index in [1.807, 2.05) is 25.1 Å². The van der Waals surface area contributed by atoms with Gasteiger partial charge in [0.2, 0.25) is 10.0 Å². The van der Waals surface area contributed by atoms with Crippen molar-refractivity contribution in [3.63, 3.8) is 0 Å². The zero-order valence-electron chi connectivity index (χ0n) is 13.3. The molecule has 2 N–H and O–H groups in total. The van der Waals surface area contributed by atoms with Crippen molar-refractivity contribution in [2.75, 3.05) is 19.3 Å². The molecule has 0 radical (unpaired) electrons. The zero-order chi connectivity index (χ0) is 17.0. The van der Waals surface area contributed by atoms with Gasteiger partial charge in [-0.3, -0.25) is 0 Å². The Morgan fingerprint density at radius 2 is 2.09 bits per heavy atom. The summed E-state index contributed by atoms with van der Waals surface area (Å²) in [6.07, 6.45) is 2.69. The van der Waals surface area contributed by atoms with Gasteiger partial charge >= 0.3 is 6.03 Å². The highest BCUT2D eigenvalue weighted by Crippen LogP contribution is 2.22. The van der Waals surface area contributed by atoms with E-state index in [9.17, 15) is 13.2 Å². The Morgan fingerprint density at radius 3 is 2.74 bits per heavy atom. The molecule has 0 spiro atoms. The summed E-state index contributed by atoms with van der Waals surface area (Å²) in [5.41, 5.74) is 0.839. The summed E-state index contributed by atoms with van der Waals surface area (Å²) in [4.78, 5) is 12.1. The third-order valence-corrected chi connectivity index (χ3v) is 5.52. The molecule has 6 nitrogen and oxygen atoms in total. The van der Waals surface area contributed by atoms with E-state index in [1.165, 1.54) is 10.6 Å². The fourth-order valence-electron chi connectivity index (χ4n) is 2.69. The maximum Gasteiger partial charge on any atom is 0.315 e. The maximum absolute atomic E-state index is 12.1. The number of nitrogens with zero attached hydrogens (tertiary/aromatic N) is 1. The van der Waals surface area contributed by atoms with E-state index in [4.69, 9.17) is 11.6 Å². The molecule has 1 aromatic carbocycles. The van der Waals surface area contributed by atoms with Gasteiger partial charge in [0, 0.05) is 24.2 Å². The molecule has 0 aliphatic carbocycles. The van der Waals surface area contributed by atoms with Crippen LogP contribution in [0.2, 0.25) is 5.02 Å². The topological polar surface area (TPSA) is 78.5 Å². The molecule has 1 aliphatic rings. The third-order valence-electron chi connectivity index (χ3n) is 3.91. The number of hydrogen-bond acceptors (Lipinski definition) is 3. The van der Waals surface area contributed by atoms with Gasteiger partial charge in [-0.25, -0.2) is 17.5 Å². The maximum atomic E-state index is 12.1. The number of carbonyl (C=O) groups is 1. The molecule has 1 saturated heterocycles. The molecule has 2 unspecified atom stereocenters. The van der Waals surface area contributed by atoms with Crippen molar-refractivity contribution in [3.05, 3.63) is 34.9 Å². The molecule has 8 heteroatoms. The number of sulfonamides is 1. The molecule has 1 heterocycles. The Bertz CT molecular complexity index is 666. The molecule has 23 heavy (non-hydrogen) atoms. The Labute approximate surface area is 142 Å². The van der Waals surface area contributed by atoms with Gasteiger partial charge in [-0.1, -0.05) is 29.8 Å². The quantitative estimate of drug-likeness (QED) is 0.864. The van der Waals surface area contributed by atoms with Crippen molar-refractivity contribution < 1.29 is 13.2 Å². The van der Waals surface area contributed by atoms with E-state index >= 15 is 0 Å². The molecule has 2 atom stereocenters. The van der Waals surface area contributed by atoms with Gasteiger partial charge in [-0.2, -0.15) is 0 Å². The minimum Gasteiger partial charge on any atom is -0.334 e. The first-order valence-corrected chi connectivity index (χ1v) is 9.76. The number of benzene rings is 1. The van der Waals surface area contributed by atoms with Gasteiger partial charge in [0.1, 0.15) is 0 Å². The third kappa shape index (κ3) is 5.09. The standard InChI is InChI=1S/C15H22ClN3O3S/c1-11(13-7-3-4-8-14(13)16)17-15(20)18-12-6-5-9-19(10-12)23(2,21)22/h3-4,7-8,11-12H,5-6,9-10H2,1-2H3,(H2,17,18,20). The number of amides is 2. The van der Waals surface area contributed by atoms with Gasteiger partial charge in [0.15, 0.2) is 0 Å². The summed E-state index contributed by atoms with van der Waals surface area (Å²) in [6.45, 7) is 2.67. The molecule has 128 valence electrons. The molecule has 2 amide bonds. The molecule has 0 aromatic heterocycles. The van der Waals surface area contributed by atoms with Crippen molar-refractivity contribution in [1.82, 2.24) is 14.9 Å². The van der Waals surface area contributed by atoms with Gasteiger partial charge in [0.25, 0.3) is 0 Å². The lowest BCUT2D eigenvalue weighted by Crippen LogP contribution is -2.51. The monoisotopic (exact) mass is 359 g/mol. The second-order valence-corrected chi connectivity index (χ2v) is 8.21. The fourth-order valence-corrected chi connectivity index (χ4v) is 3.90. The lowest BCUT2D eigenvalue weighted by atomic mass is 10.1. The Balaban J connectivity index is 1.91. The van der Waals surface area contributed by atoms with Crippen LogP contribution in [-0.2, 0) is 10.0 Å².